The van der Waals surface area contributed by atoms with E-state index in [1.54, 1.807) is 6.07 Å². The largest absolute Gasteiger partial charge is 0.418 e. The molecule has 1 aromatic carbocycles. The number of benzene rings is 1. The molecule has 2 rings (SSSR count). The molecule has 4 nitrogen and oxygen atoms in total. The lowest BCUT2D eigenvalue weighted by Gasteiger charge is -2.22. The average molecular weight is 353 g/mol. The monoisotopic (exact) mass is 353 g/mol. The predicted molar refractivity (Wildman–Crippen MR) is 92.5 cm³/mol. The molecule has 0 saturated heterocycles. The van der Waals surface area contributed by atoms with Crippen molar-refractivity contribution in [3.63, 3.8) is 0 Å². The molecule has 25 heavy (non-hydrogen) atoms. The zero-order valence-corrected chi connectivity index (χ0v) is 14.3. The van der Waals surface area contributed by atoms with E-state index in [0.717, 1.165) is 31.7 Å². The summed E-state index contributed by atoms with van der Waals surface area (Å²) in [5.41, 5.74) is -0.463. The van der Waals surface area contributed by atoms with Gasteiger partial charge < -0.3 is 5.32 Å². The quantitative estimate of drug-likeness (QED) is 0.749. The van der Waals surface area contributed by atoms with Gasteiger partial charge in [-0.25, -0.2) is 5.10 Å². The van der Waals surface area contributed by atoms with Gasteiger partial charge in [-0.2, -0.15) is 18.3 Å². The summed E-state index contributed by atoms with van der Waals surface area (Å²) in [4.78, 5) is 11.1. The number of aromatic nitrogens is 2. The fourth-order valence-electron chi connectivity index (χ4n) is 2.77. The van der Waals surface area contributed by atoms with Crippen LogP contribution in [0.1, 0.15) is 45.1 Å². The molecule has 0 aliphatic carbocycles. The number of alkyl halides is 3. The number of H-pyrrole nitrogens is 1. The third-order valence-electron chi connectivity index (χ3n) is 3.93. The van der Waals surface area contributed by atoms with Crippen molar-refractivity contribution < 1.29 is 13.2 Å². The van der Waals surface area contributed by atoms with Crippen LogP contribution in [0.5, 0.6) is 0 Å². The van der Waals surface area contributed by atoms with Gasteiger partial charge in [0.1, 0.15) is 0 Å². The van der Waals surface area contributed by atoms with Gasteiger partial charge in [0.2, 0.25) is 0 Å². The average Bonchev–Trinajstić information content (AvgIpc) is 2.55. The summed E-state index contributed by atoms with van der Waals surface area (Å²) in [6, 6.07) is 6.72. The number of aromatic amines is 1. The molecule has 0 radical (unpaired) electrons. The van der Waals surface area contributed by atoms with Crippen molar-refractivity contribution in [3.05, 3.63) is 46.2 Å². The Labute approximate surface area is 144 Å². The van der Waals surface area contributed by atoms with E-state index in [-0.39, 0.29) is 17.4 Å². The van der Waals surface area contributed by atoms with Crippen LogP contribution in [0.25, 0.3) is 11.3 Å². The second-order valence-electron chi connectivity index (χ2n) is 5.98. The van der Waals surface area contributed by atoms with Gasteiger partial charge in [-0.1, -0.05) is 32.8 Å². The summed E-state index contributed by atoms with van der Waals surface area (Å²) < 4.78 is 40.5. The van der Waals surface area contributed by atoms with Crippen LogP contribution in [0.2, 0.25) is 0 Å². The molecule has 7 heteroatoms. The third-order valence-corrected chi connectivity index (χ3v) is 3.93. The predicted octanol–water partition coefficient (Wildman–Crippen LogP) is 4.84. The Kier molecular flexibility index (Phi) is 6.22. The van der Waals surface area contributed by atoms with Crippen LogP contribution in [0.15, 0.2) is 35.1 Å². The third kappa shape index (κ3) is 5.08. The summed E-state index contributed by atoms with van der Waals surface area (Å²) in [5.74, 6) is 0. The molecule has 0 unspecified atom stereocenters. The molecule has 1 aromatic heterocycles. The summed E-state index contributed by atoms with van der Waals surface area (Å²) in [7, 11) is 0. The van der Waals surface area contributed by atoms with Crippen LogP contribution in [0.4, 0.5) is 18.9 Å². The summed E-state index contributed by atoms with van der Waals surface area (Å²) in [6.45, 7) is 4.03. The van der Waals surface area contributed by atoms with E-state index >= 15 is 0 Å². The highest BCUT2D eigenvalue weighted by Gasteiger charge is 2.34. The number of hydrogen-bond acceptors (Lipinski definition) is 3. The van der Waals surface area contributed by atoms with Crippen LogP contribution in [-0.2, 0) is 6.18 Å². The first-order chi connectivity index (χ1) is 11.8. The molecule has 0 aliphatic heterocycles. The molecule has 0 spiro atoms. The molecule has 0 bridgehead atoms. The lowest BCUT2D eigenvalue weighted by molar-refractivity contribution is -0.136. The first-order valence-corrected chi connectivity index (χ1v) is 8.39. The molecule has 1 heterocycles. The second-order valence-corrected chi connectivity index (χ2v) is 5.98. The van der Waals surface area contributed by atoms with Crippen molar-refractivity contribution in [2.24, 2.45) is 0 Å². The summed E-state index contributed by atoms with van der Waals surface area (Å²) in [6.07, 6.45) is -1.05. The number of hydrogen-bond donors (Lipinski definition) is 2. The molecule has 0 saturated carbocycles. The van der Waals surface area contributed by atoms with Crippen LogP contribution in [-0.4, -0.2) is 16.2 Å². The molecule has 0 amide bonds. The minimum atomic E-state index is -4.48. The first-order valence-electron chi connectivity index (χ1n) is 8.39. The lowest BCUT2D eigenvalue weighted by Crippen LogP contribution is -2.21. The zero-order valence-electron chi connectivity index (χ0n) is 14.3. The zero-order chi connectivity index (χ0) is 18.4. The maximum absolute atomic E-state index is 13.5. The Balaban J connectivity index is 2.40. The Morgan fingerprint density at radius 3 is 2.32 bits per heavy atom. The van der Waals surface area contributed by atoms with Gasteiger partial charge in [-0.15, -0.1) is 0 Å². The summed E-state index contributed by atoms with van der Waals surface area (Å²) in [5, 5.41) is 9.08. The van der Waals surface area contributed by atoms with Gasteiger partial charge >= 0.3 is 6.18 Å². The van der Waals surface area contributed by atoms with Crippen molar-refractivity contribution in [3.8, 4) is 11.3 Å². The molecular formula is C18H22F3N3O. The van der Waals surface area contributed by atoms with Gasteiger partial charge in [0.05, 0.1) is 11.3 Å². The lowest BCUT2D eigenvalue weighted by atomic mass is 10.0. The standard InChI is InChI=1S/C18H22F3N3O/c1-3-5-13(6-4-2)22-16-8-7-12(11-14(16)18(19,20)21)15-9-10-17(25)24-23-15/h7-11,13,22H,3-6H2,1-2H3,(H,24,25). The molecule has 2 N–H and O–H groups in total. The van der Waals surface area contributed by atoms with Crippen molar-refractivity contribution >= 4 is 5.69 Å². The van der Waals surface area contributed by atoms with Gasteiger partial charge in [-0.3, -0.25) is 4.79 Å². The molecule has 136 valence electrons. The van der Waals surface area contributed by atoms with Crippen LogP contribution < -0.4 is 10.9 Å². The van der Waals surface area contributed by atoms with Gasteiger partial charge in [0.25, 0.3) is 5.56 Å². The van der Waals surface area contributed by atoms with E-state index in [2.05, 4.69) is 15.5 Å². The fourth-order valence-corrected chi connectivity index (χ4v) is 2.77. The van der Waals surface area contributed by atoms with E-state index < -0.39 is 17.3 Å². The minimum absolute atomic E-state index is 0.00755. The van der Waals surface area contributed by atoms with Crippen molar-refractivity contribution in [1.82, 2.24) is 10.2 Å². The molecule has 0 atom stereocenters. The van der Waals surface area contributed by atoms with E-state index in [0.29, 0.717) is 5.56 Å². The van der Waals surface area contributed by atoms with Gasteiger partial charge in [0, 0.05) is 23.4 Å². The molecule has 0 fully saturated rings. The topological polar surface area (TPSA) is 57.8 Å². The molecule has 0 aliphatic rings. The minimum Gasteiger partial charge on any atom is -0.382 e. The summed E-state index contributed by atoms with van der Waals surface area (Å²) >= 11 is 0. The Morgan fingerprint density at radius 1 is 1.12 bits per heavy atom. The van der Waals surface area contributed by atoms with E-state index in [9.17, 15) is 18.0 Å². The Bertz CT molecular complexity index is 729. The highest BCUT2D eigenvalue weighted by atomic mass is 19.4. The second kappa shape index (κ2) is 8.18. The van der Waals surface area contributed by atoms with Crippen LogP contribution in [0, 0.1) is 0 Å². The number of rotatable bonds is 7. The number of nitrogens with zero attached hydrogens (tertiary/aromatic N) is 1. The van der Waals surface area contributed by atoms with Crippen molar-refractivity contribution in [1.29, 1.82) is 0 Å². The number of nitrogens with one attached hydrogen (secondary N) is 2. The highest BCUT2D eigenvalue weighted by Crippen LogP contribution is 2.37. The van der Waals surface area contributed by atoms with Gasteiger partial charge in [0.15, 0.2) is 0 Å². The van der Waals surface area contributed by atoms with Crippen LogP contribution >= 0.6 is 0 Å². The molecular weight excluding hydrogens is 331 g/mol. The smallest absolute Gasteiger partial charge is 0.382 e. The Morgan fingerprint density at radius 2 is 1.80 bits per heavy atom. The van der Waals surface area contributed by atoms with Crippen molar-refractivity contribution in [2.75, 3.05) is 5.32 Å². The van der Waals surface area contributed by atoms with E-state index in [4.69, 9.17) is 0 Å². The van der Waals surface area contributed by atoms with Crippen molar-refractivity contribution in [2.45, 2.75) is 51.7 Å². The maximum atomic E-state index is 13.5. The number of halogens is 3. The number of anilines is 1. The van der Waals surface area contributed by atoms with E-state index in [1.165, 1.54) is 18.2 Å². The Hall–Kier alpha value is -2.31. The normalized spacial score (nSPS) is 11.8. The van der Waals surface area contributed by atoms with Crippen LogP contribution in [0.3, 0.4) is 0 Å². The molecule has 2 aromatic rings. The maximum Gasteiger partial charge on any atom is 0.418 e. The highest BCUT2D eigenvalue weighted by molar-refractivity contribution is 5.66. The van der Waals surface area contributed by atoms with Gasteiger partial charge in [-0.05, 0) is 31.0 Å². The SMILES string of the molecule is CCCC(CCC)Nc1ccc(-c2ccc(=O)[nH]n2)cc1C(F)(F)F. The van der Waals surface area contributed by atoms with E-state index in [1.807, 2.05) is 13.8 Å². The fraction of sp³-hybridized carbons (Fsp3) is 0.444. The first kappa shape index (κ1) is 19.0.